The average molecular weight is 528 g/mol. The maximum atomic E-state index is 13.7. The highest BCUT2D eigenvalue weighted by molar-refractivity contribution is 8.00. The van der Waals surface area contributed by atoms with Crippen molar-refractivity contribution in [3.05, 3.63) is 111 Å². The molecule has 5 aromatic rings. The Morgan fingerprint density at radius 2 is 1.78 bits per heavy atom. The summed E-state index contributed by atoms with van der Waals surface area (Å²) in [5, 5.41) is 19.6. The maximum Gasteiger partial charge on any atom is 0.297 e. The highest BCUT2D eigenvalue weighted by Crippen LogP contribution is 2.43. The van der Waals surface area contributed by atoms with Gasteiger partial charge in [-0.25, -0.2) is 0 Å². The lowest BCUT2D eigenvalue weighted by atomic mass is 9.98. The van der Waals surface area contributed by atoms with Gasteiger partial charge in [-0.3, -0.25) is 14.5 Å². The second kappa shape index (κ2) is 9.17. The SMILES string of the molecule is Cc1ccc(CSc2nnc(N3C(=O)c4oc5ccc(C)cc5c(=O)c4C3c3cccc(O)c3)s2)cc1. The van der Waals surface area contributed by atoms with E-state index in [0.717, 1.165) is 11.1 Å². The molecule has 1 amide bonds. The summed E-state index contributed by atoms with van der Waals surface area (Å²) in [7, 11) is 0. The molecule has 0 saturated heterocycles. The fraction of sp³-hybridized carbons (Fsp3) is 0.143. The number of aromatic hydroxyl groups is 1. The van der Waals surface area contributed by atoms with Crippen molar-refractivity contribution in [1.82, 2.24) is 10.2 Å². The minimum absolute atomic E-state index is 0.0150. The molecule has 3 aromatic carbocycles. The largest absolute Gasteiger partial charge is 0.508 e. The van der Waals surface area contributed by atoms with Crippen LogP contribution in [0.5, 0.6) is 5.75 Å². The standard InChI is InChI=1S/C28H21N3O4S2/c1-15-6-9-17(10-7-15)14-36-28-30-29-27(37-28)31-23(18-4-3-5-19(32)13-18)22-24(33)20-12-16(2)8-11-21(20)35-25(22)26(31)34/h3-13,23,32H,14H2,1-2H3. The second-order valence-corrected chi connectivity index (χ2v) is 11.1. The van der Waals surface area contributed by atoms with Gasteiger partial charge in [0.1, 0.15) is 11.3 Å². The van der Waals surface area contributed by atoms with E-state index in [-0.39, 0.29) is 22.5 Å². The molecule has 2 aromatic heterocycles. The number of phenols is 1. The van der Waals surface area contributed by atoms with Gasteiger partial charge in [-0.1, -0.05) is 76.7 Å². The van der Waals surface area contributed by atoms with Crippen molar-refractivity contribution in [3.8, 4) is 5.75 Å². The minimum Gasteiger partial charge on any atom is -0.508 e. The zero-order valence-electron chi connectivity index (χ0n) is 20.0. The Balaban J connectivity index is 1.43. The molecule has 1 aliphatic rings. The number of anilines is 1. The molecule has 0 radical (unpaired) electrons. The monoisotopic (exact) mass is 527 g/mol. The van der Waals surface area contributed by atoms with Gasteiger partial charge in [0.05, 0.1) is 17.0 Å². The molecule has 1 unspecified atom stereocenters. The predicted molar refractivity (Wildman–Crippen MR) is 145 cm³/mol. The molecule has 37 heavy (non-hydrogen) atoms. The van der Waals surface area contributed by atoms with E-state index >= 15 is 0 Å². The first-order valence-corrected chi connectivity index (χ1v) is 13.4. The number of carbonyl (C=O) groups is 1. The van der Waals surface area contributed by atoms with Gasteiger partial charge in [-0.2, -0.15) is 0 Å². The summed E-state index contributed by atoms with van der Waals surface area (Å²) in [6.45, 7) is 3.94. The third-order valence-electron chi connectivity index (χ3n) is 6.30. The van der Waals surface area contributed by atoms with Gasteiger partial charge in [-0.05, 0) is 49.2 Å². The van der Waals surface area contributed by atoms with Crippen LogP contribution in [0.3, 0.4) is 0 Å². The molecule has 184 valence electrons. The zero-order valence-corrected chi connectivity index (χ0v) is 21.6. The van der Waals surface area contributed by atoms with Crippen LogP contribution in [-0.4, -0.2) is 21.2 Å². The van der Waals surface area contributed by atoms with E-state index in [9.17, 15) is 14.7 Å². The molecule has 0 spiro atoms. The number of rotatable bonds is 5. The summed E-state index contributed by atoms with van der Waals surface area (Å²) in [5.41, 5.74) is 4.16. The van der Waals surface area contributed by atoms with Crippen LogP contribution in [0.25, 0.3) is 11.0 Å². The Morgan fingerprint density at radius 1 is 1.00 bits per heavy atom. The first kappa shape index (κ1) is 23.4. The fourth-order valence-corrected chi connectivity index (χ4v) is 6.31. The topological polar surface area (TPSA) is 96.5 Å². The molecule has 1 N–H and O–H groups in total. The van der Waals surface area contributed by atoms with Crippen LogP contribution in [0.2, 0.25) is 0 Å². The lowest BCUT2D eigenvalue weighted by Gasteiger charge is -2.22. The number of aryl methyl sites for hydroxylation is 2. The highest BCUT2D eigenvalue weighted by atomic mass is 32.2. The molecule has 1 atom stereocenters. The van der Waals surface area contributed by atoms with Gasteiger partial charge in [0, 0.05) is 5.75 Å². The summed E-state index contributed by atoms with van der Waals surface area (Å²) >= 11 is 2.81. The normalized spacial score (nSPS) is 14.9. The van der Waals surface area contributed by atoms with Crippen molar-refractivity contribution in [2.24, 2.45) is 0 Å². The van der Waals surface area contributed by atoms with Gasteiger partial charge in [-0.15, -0.1) is 10.2 Å². The van der Waals surface area contributed by atoms with E-state index in [0.29, 0.717) is 31.8 Å². The molecule has 1 aliphatic heterocycles. The number of aromatic nitrogens is 2. The number of nitrogens with zero attached hydrogens (tertiary/aromatic N) is 3. The number of benzene rings is 3. The quantitative estimate of drug-likeness (QED) is 0.221. The van der Waals surface area contributed by atoms with Crippen LogP contribution < -0.4 is 10.3 Å². The van der Waals surface area contributed by atoms with E-state index < -0.39 is 11.9 Å². The van der Waals surface area contributed by atoms with Crippen LogP contribution >= 0.6 is 23.1 Å². The van der Waals surface area contributed by atoms with Gasteiger partial charge in [0.25, 0.3) is 5.91 Å². The molecule has 6 rings (SSSR count). The molecule has 0 saturated carbocycles. The minimum atomic E-state index is -0.807. The third-order valence-corrected chi connectivity index (χ3v) is 8.42. The molecule has 3 heterocycles. The van der Waals surface area contributed by atoms with Crippen molar-refractivity contribution < 1.29 is 14.3 Å². The van der Waals surface area contributed by atoms with E-state index in [1.807, 2.05) is 19.9 Å². The van der Waals surface area contributed by atoms with Crippen molar-refractivity contribution in [1.29, 1.82) is 0 Å². The van der Waals surface area contributed by atoms with Crippen LogP contribution in [0.15, 0.2) is 80.3 Å². The fourth-order valence-electron chi connectivity index (χ4n) is 4.48. The first-order valence-electron chi connectivity index (χ1n) is 11.6. The van der Waals surface area contributed by atoms with E-state index in [4.69, 9.17) is 4.42 Å². The molecular formula is C28H21N3O4S2. The number of amides is 1. The Morgan fingerprint density at radius 3 is 2.57 bits per heavy atom. The lowest BCUT2D eigenvalue weighted by Crippen LogP contribution is -2.29. The number of fused-ring (bicyclic) bond motifs is 2. The maximum absolute atomic E-state index is 13.7. The zero-order chi connectivity index (χ0) is 25.7. The highest BCUT2D eigenvalue weighted by Gasteiger charge is 2.45. The first-order chi connectivity index (χ1) is 17.9. The van der Waals surface area contributed by atoms with Gasteiger partial charge in [0.15, 0.2) is 9.77 Å². The average Bonchev–Trinajstić information content (AvgIpc) is 3.47. The summed E-state index contributed by atoms with van der Waals surface area (Å²) < 4.78 is 6.71. The number of hydrogen-bond donors (Lipinski definition) is 1. The van der Waals surface area contributed by atoms with Crippen LogP contribution in [0.1, 0.15) is 44.4 Å². The van der Waals surface area contributed by atoms with Crippen molar-refractivity contribution in [2.75, 3.05) is 4.90 Å². The van der Waals surface area contributed by atoms with Crippen molar-refractivity contribution in [3.63, 3.8) is 0 Å². The number of phenolic OH excluding ortho intramolecular Hbond substituents is 1. The van der Waals surface area contributed by atoms with Gasteiger partial charge >= 0.3 is 0 Å². The van der Waals surface area contributed by atoms with Gasteiger partial charge in [0.2, 0.25) is 10.9 Å². The van der Waals surface area contributed by atoms with Crippen molar-refractivity contribution >= 4 is 45.1 Å². The molecule has 0 fully saturated rings. The Kier molecular flexibility index (Phi) is 5.81. The lowest BCUT2D eigenvalue weighted by molar-refractivity contribution is 0.0970. The predicted octanol–water partition coefficient (Wildman–Crippen LogP) is 6.01. The summed E-state index contributed by atoms with van der Waals surface area (Å²) in [4.78, 5) is 28.9. The summed E-state index contributed by atoms with van der Waals surface area (Å²) in [6, 6.07) is 19.3. The van der Waals surface area contributed by atoms with Crippen LogP contribution in [-0.2, 0) is 5.75 Å². The Hall–Kier alpha value is -3.95. The van der Waals surface area contributed by atoms with Gasteiger partial charge < -0.3 is 9.52 Å². The summed E-state index contributed by atoms with van der Waals surface area (Å²) in [6.07, 6.45) is 0. The van der Waals surface area contributed by atoms with Crippen LogP contribution in [0.4, 0.5) is 5.13 Å². The molecule has 0 aliphatic carbocycles. The van der Waals surface area contributed by atoms with E-state index in [1.165, 1.54) is 33.6 Å². The molecule has 0 bridgehead atoms. The van der Waals surface area contributed by atoms with Crippen molar-refractivity contribution in [2.45, 2.75) is 30.0 Å². The third kappa shape index (κ3) is 4.20. The van der Waals surface area contributed by atoms with E-state index in [2.05, 4.69) is 34.5 Å². The number of carbonyl (C=O) groups excluding carboxylic acids is 1. The summed E-state index contributed by atoms with van der Waals surface area (Å²) in [5.74, 6) is 0.267. The molecular weight excluding hydrogens is 506 g/mol. The number of thioether (sulfide) groups is 1. The smallest absolute Gasteiger partial charge is 0.297 e. The van der Waals surface area contributed by atoms with E-state index in [1.54, 1.807) is 36.4 Å². The van der Waals surface area contributed by atoms with Crippen LogP contribution in [0, 0.1) is 13.8 Å². The number of hydrogen-bond acceptors (Lipinski definition) is 8. The Labute approximate surface area is 220 Å². The Bertz CT molecular complexity index is 1730. The second-order valence-electron chi connectivity index (χ2n) is 8.97. The molecule has 7 nitrogen and oxygen atoms in total. The molecule has 9 heteroatoms.